The second-order valence-electron chi connectivity index (χ2n) is 3.18. The van der Waals surface area contributed by atoms with Crippen LogP contribution in [-0.4, -0.2) is 4.57 Å². The highest BCUT2D eigenvalue weighted by Gasteiger charge is 2.14. The lowest BCUT2D eigenvalue weighted by Crippen LogP contribution is -1.92. The van der Waals surface area contributed by atoms with Gasteiger partial charge in [-0.15, -0.1) is 0 Å². The summed E-state index contributed by atoms with van der Waals surface area (Å²) in [5.41, 5.74) is 1.44. The molecule has 0 saturated heterocycles. The van der Waals surface area contributed by atoms with Crippen molar-refractivity contribution in [3.63, 3.8) is 0 Å². The highest BCUT2D eigenvalue weighted by Crippen LogP contribution is 2.31. The molecule has 0 unspecified atom stereocenters. The van der Waals surface area contributed by atoms with E-state index in [0.717, 1.165) is 17.4 Å². The van der Waals surface area contributed by atoms with E-state index < -0.39 is 0 Å². The summed E-state index contributed by atoms with van der Waals surface area (Å²) >= 11 is 12.0. The maximum absolute atomic E-state index is 9.03. The zero-order valence-electron chi connectivity index (χ0n) is 8.09. The van der Waals surface area contributed by atoms with Crippen molar-refractivity contribution in [1.82, 2.24) is 4.57 Å². The third kappa shape index (κ3) is 1.49. The summed E-state index contributed by atoms with van der Waals surface area (Å²) in [6.07, 6.45) is 0. The number of fused-ring (bicyclic) bond motifs is 1. The Labute approximate surface area is 97.6 Å². The van der Waals surface area contributed by atoms with E-state index in [2.05, 4.69) is 6.07 Å². The van der Waals surface area contributed by atoms with Crippen LogP contribution in [0.25, 0.3) is 10.9 Å². The van der Waals surface area contributed by atoms with Gasteiger partial charge in [0.05, 0.1) is 11.1 Å². The van der Waals surface area contributed by atoms with Crippen molar-refractivity contribution in [2.45, 2.75) is 13.5 Å². The van der Waals surface area contributed by atoms with Crippen molar-refractivity contribution in [2.75, 3.05) is 0 Å². The van der Waals surface area contributed by atoms with Crippen molar-refractivity contribution >= 4 is 34.1 Å². The van der Waals surface area contributed by atoms with Crippen LogP contribution >= 0.6 is 23.2 Å². The molecule has 2 rings (SSSR count). The van der Waals surface area contributed by atoms with Crippen molar-refractivity contribution in [3.05, 3.63) is 33.9 Å². The average molecular weight is 239 g/mol. The molecule has 0 spiro atoms. The molecule has 76 valence electrons. The molecule has 2 aromatic rings. The summed E-state index contributed by atoms with van der Waals surface area (Å²) in [7, 11) is 0. The van der Waals surface area contributed by atoms with Gasteiger partial charge in [0, 0.05) is 17.0 Å². The Morgan fingerprint density at radius 2 is 2.13 bits per heavy atom. The number of halogens is 2. The number of rotatable bonds is 1. The SMILES string of the molecule is CCn1c(Cl)c(C#N)c2cc(Cl)ccc21. The summed E-state index contributed by atoms with van der Waals surface area (Å²) in [5.74, 6) is 0. The molecule has 0 saturated carbocycles. The molecule has 0 aliphatic heterocycles. The van der Waals surface area contributed by atoms with Crippen LogP contribution in [0, 0.1) is 11.3 Å². The van der Waals surface area contributed by atoms with E-state index in [0.29, 0.717) is 15.7 Å². The Morgan fingerprint density at radius 3 is 2.73 bits per heavy atom. The van der Waals surface area contributed by atoms with Gasteiger partial charge in [0.15, 0.2) is 0 Å². The zero-order chi connectivity index (χ0) is 11.0. The van der Waals surface area contributed by atoms with E-state index in [9.17, 15) is 0 Å². The number of aryl methyl sites for hydroxylation is 1. The number of hydrogen-bond acceptors (Lipinski definition) is 1. The maximum atomic E-state index is 9.03. The molecule has 0 radical (unpaired) electrons. The largest absolute Gasteiger partial charge is 0.331 e. The fourth-order valence-electron chi connectivity index (χ4n) is 1.71. The second kappa shape index (κ2) is 3.77. The first-order chi connectivity index (χ1) is 7.19. The summed E-state index contributed by atoms with van der Waals surface area (Å²) in [4.78, 5) is 0. The lowest BCUT2D eigenvalue weighted by atomic mass is 10.2. The summed E-state index contributed by atoms with van der Waals surface area (Å²) < 4.78 is 1.89. The fraction of sp³-hybridized carbons (Fsp3) is 0.182. The Morgan fingerprint density at radius 1 is 1.40 bits per heavy atom. The van der Waals surface area contributed by atoms with E-state index in [1.54, 1.807) is 12.1 Å². The highest BCUT2D eigenvalue weighted by atomic mass is 35.5. The van der Waals surface area contributed by atoms with Crippen molar-refractivity contribution in [1.29, 1.82) is 5.26 Å². The summed E-state index contributed by atoms with van der Waals surface area (Å²) in [6, 6.07) is 7.56. The molecule has 1 aromatic heterocycles. The van der Waals surface area contributed by atoms with E-state index in [1.807, 2.05) is 17.6 Å². The smallest absolute Gasteiger partial charge is 0.128 e. The van der Waals surface area contributed by atoms with Crippen LogP contribution in [0.3, 0.4) is 0 Å². The highest BCUT2D eigenvalue weighted by molar-refractivity contribution is 6.33. The fourth-order valence-corrected chi connectivity index (χ4v) is 2.24. The zero-order valence-corrected chi connectivity index (χ0v) is 9.60. The first-order valence-corrected chi connectivity index (χ1v) is 5.32. The molecule has 4 heteroatoms. The van der Waals surface area contributed by atoms with Crippen LogP contribution in [0.1, 0.15) is 12.5 Å². The van der Waals surface area contributed by atoms with E-state index in [4.69, 9.17) is 28.5 Å². The van der Waals surface area contributed by atoms with Crippen LogP contribution in [0.4, 0.5) is 0 Å². The molecule has 0 fully saturated rings. The Bertz CT molecular complexity index is 564. The van der Waals surface area contributed by atoms with Crippen LogP contribution in [0.5, 0.6) is 0 Å². The molecule has 1 heterocycles. The molecule has 0 N–H and O–H groups in total. The lowest BCUT2D eigenvalue weighted by molar-refractivity contribution is 0.797. The molecule has 0 aliphatic rings. The predicted molar refractivity (Wildman–Crippen MR) is 62.3 cm³/mol. The summed E-state index contributed by atoms with van der Waals surface area (Å²) in [6.45, 7) is 2.72. The van der Waals surface area contributed by atoms with Crippen molar-refractivity contribution in [3.8, 4) is 6.07 Å². The second-order valence-corrected chi connectivity index (χ2v) is 3.98. The molecular formula is C11H8Cl2N2. The van der Waals surface area contributed by atoms with Gasteiger partial charge in [-0.2, -0.15) is 5.26 Å². The Balaban J connectivity index is 2.93. The van der Waals surface area contributed by atoms with Gasteiger partial charge in [0.2, 0.25) is 0 Å². The van der Waals surface area contributed by atoms with Crippen LogP contribution < -0.4 is 0 Å². The van der Waals surface area contributed by atoms with E-state index >= 15 is 0 Å². The minimum Gasteiger partial charge on any atom is -0.331 e. The van der Waals surface area contributed by atoms with Gasteiger partial charge < -0.3 is 4.57 Å². The van der Waals surface area contributed by atoms with Gasteiger partial charge >= 0.3 is 0 Å². The molecular weight excluding hydrogens is 231 g/mol. The third-order valence-corrected chi connectivity index (χ3v) is 3.02. The molecule has 0 amide bonds. The molecule has 1 aromatic carbocycles. The first-order valence-electron chi connectivity index (χ1n) is 4.56. The quantitative estimate of drug-likeness (QED) is 0.743. The first kappa shape index (κ1) is 10.4. The van der Waals surface area contributed by atoms with Gasteiger partial charge in [0.25, 0.3) is 0 Å². The Hall–Kier alpha value is -1.17. The van der Waals surface area contributed by atoms with Crippen LogP contribution in [-0.2, 0) is 6.54 Å². The number of benzene rings is 1. The molecule has 2 nitrogen and oxygen atoms in total. The molecule has 0 bridgehead atoms. The van der Waals surface area contributed by atoms with Gasteiger partial charge in [-0.3, -0.25) is 0 Å². The normalized spacial score (nSPS) is 10.5. The van der Waals surface area contributed by atoms with Gasteiger partial charge in [-0.1, -0.05) is 23.2 Å². The van der Waals surface area contributed by atoms with Crippen LogP contribution in [0.2, 0.25) is 10.2 Å². The average Bonchev–Trinajstić information content (AvgIpc) is 2.48. The van der Waals surface area contributed by atoms with Crippen molar-refractivity contribution in [2.24, 2.45) is 0 Å². The molecule has 0 aliphatic carbocycles. The minimum absolute atomic E-state index is 0.484. The monoisotopic (exact) mass is 238 g/mol. The van der Waals surface area contributed by atoms with Crippen molar-refractivity contribution < 1.29 is 0 Å². The third-order valence-electron chi connectivity index (χ3n) is 2.39. The lowest BCUT2D eigenvalue weighted by Gasteiger charge is -2.01. The minimum atomic E-state index is 0.484. The van der Waals surface area contributed by atoms with Crippen LogP contribution in [0.15, 0.2) is 18.2 Å². The Kier molecular flexibility index (Phi) is 2.60. The maximum Gasteiger partial charge on any atom is 0.128 e. The van der Waals surface area contributed by atoms with E-state index in [1.165, 1.54) is 0 Å². The number of nitrogens with zero attached hydrogens (tertiary/aromatic N) is 2. The standard InChI is InChI=1S/C11H8Cl2N2/c1-2-15-10-4-3-7(12)5-8(10)9(6-14)11(15)13/h3-5H,2H2,1H3. The summed E-state index contributed by atoms with van der Waals surface area (Å²) in [5, 5.41) is 10.9. The number of nitriles is 1. The van der Waals surface area contributed by atoms with E-state index in [-0.39, 0.29) is 0 Å². The van der Waals surface area contributed by atoms with Gasteiger partial charge in [-0.25, -0.2) is 0 Å². The number of aromatic nitrogens is 1. The predicted octanol–water partition coefficient (Wildman–Crippen LogP) is 3.84. The topological polar surface area (TPSA) is 28.7 Å². The molecule has 0 atom stereocenters. The van der Waals surface area contributed by atoms with Gasteiger partial charge in [0.1, 0.15) is 11.2 Å². The molecule has 15 heavy (non-hydrogen) atoms. The van der Waals surface area contributed by atoms with Gasteiger partial charge in [-0.05, 0) is 25.1 Å². The number of hydrogen-bond donors (Lipinski definition) is 0.